The summed E-state index contributed by atoms with van der Waals surface area (Å²) in [5, 5.41) is 14.5. The maximum absolute atomic E-state index is 9.39. The molecule has 1 heterocycles. The van der Waals surface area contributed by atoms with Crippen LogP contribution in [0.2, 0.25) is 5.15 Å². The van der Waals surface area contributed by atoms with Crippen LogP contribution in [0.15, 0.2) is 0 Å². The van der Waals surface area contributed by atoms with Crippen LogP contribution in [0.1, 0.15) is 58.3 Å². The van der Waals surface area contributed by atoms with Gasteiger partial charge in [0, 0.05) is 11.0 Å². The maximum atomic E-state index is 9.39. The highest BCUT2D eigenvalue weighted by Gasteiger charge is 2.26. The van der Waals surface area contributed by atoms with Gasteiger partial charge in [-0.05, 0) is 13.3 Å². The third-order valence-electron chi connectivity index (χ3n) is 2.82. The van der Waals surface area contributed by atoms with E-state index in [-0.39, 0.29) is 18.1 Å². The maximum Gasteiger partial charge on any atom is 0.133 e. The molecule has 0 amide bonds. The number of rotatable bonds is 3. The van der Waals surface area contributed by atoms with E-state index >= 15 is 0 Å². The van der Waals surface area contributed by atoms with Crippen molar-refractivity contribution in [3.63, 3.8) is 0 Å². The molecule has 0 saturated carbocycles. The van der Waals surface area contributed by atoms with E-state index in [0.717, 1.165) is 17.7 Å². The molecule has 0 aliphatic rings. The van der Waals surface area contributed by atoms with Gasteiger partial charge in [0.15, 0.2) is 0 Å². The standard InChI is InChI=1S/C12H21ClN2O/c1-6-8(2)15-11(13)9(7-16)10(14-15)12(3,4)5/h8,16H,6-7H2,1-5H3. The normalized spacial score (nSPS) is 14.2. The molecule has 1 rings (SSSR count). The smallest absolute Gasteiger partial charge is 0.133 e. The Bertz CT molecular complexity index is 366. The van der Waals surface area contributed by atoms with Crippen LogP contribution in [-0.2, 0) is 12.0 Å². The van der Waals surface area contributed by atoms with Crippen molar-refractivity contribution in [1.29, 1.82) is 0 Å². The zero-order valence-corrected chi connectivity index (χ0v) is 11.5. The highest BCUT2D eigenvalue weighted by Crippen LogP contribution is 2.32. The van der Waals surface area contributed by atoms with Gasteiger partial charge in [-0.25, -0.2) is 0 Å². The van der Waals surface area contributed by atoms with Gasteiger partial charge in [-0.3, -0.25) is 4.68 Å². The van der Waals surface area contributed by atoms with Gasteiger partial charge in [0.2, 0.25) is 0 Å². The van der Waals surface area contributed by atoms with Crippen molar-refractivity contribution in [3.8, 4) is 0 Å². The molecule has 1 atom stereocenters. The van der Waals surface area contributed by atoms with Crippen molar-refractivity contribution in [3.05, 3.63) is 16.4 Å². The van der Waals surface area contributed by atoms with Crippen LogP contribution in [0, 0.1) is 0 Å². The van der Waals surface area contributed by atoms with Gasteiger partial charge in [0.1, 0.15) is 5.15 Å². The lowest BCUT2D eigenvalue weighted by molar-refractivity contribution is 0.278. The first-order valence-corrected chi connectivity index (χ1v) is 6.08. The van der Waals surface area contributed by atoms with Crippen LogP contribution >= 0.6 is 11.6 Å². The molecule has 0 aromatic carbocycles. The van der Waals surface area contributed by atoms with E-state index in [1.54, 1.807) is 0 Å². The van der Waals surface area contributed by atoms with Crippen molar-refractivity contribution in [2.45, 2.75) is 59.1 Å². The molecule has 0 saturated heterocycles. The second-order valence-electron chi connectivity index (χ2n) is 5.23. The Kier molecular flexibility index (Phi) is 4.02. The molecule has 0 spiro atoms. The summed E-state index contributed by atoms with van der Waals surface area (Å²) in [6, 6.07) is 0.258. The topological polar surface area (TPSA) is 38.0 Å². The second kappa shape index (κ2) is 4.76. The first-order valence-electron chi connectivity index (χ1n) is 5.71. The molecule has 3 nitrogen and oxygen atoms in total. The fourth-order valence-corrected chi connectivity index (χ4v) is 2.01. The molecule has 4 heteroatoms. The average molecular weight is 245 g/mol. The van der Waals surface area contributed by atoms with Crippen molar-refractivity contribution in [1.82, 2.24) is 9.78 Å². The molecule has 0 bridgehead atoms. The summed E-state index contributed by atoms with van der Waals surface area (Å²) in [5.74, 6) is 0. The average Bonchev–Trinajstić information content (AvgIpc) is 2.53. The van der Waals surface area contributed by atoms with E-state index < -0.39 is 0 Å². The van der Waals surface area contributed by atoms with Gasteiger partial charge in [-0.1, -0.05) is 39.3 Å². The van der Waals surface area contributed by atoms with Gasteiger partial charge in [-0.15, -0.1) is 0 Å². The highest BCUT2D eigenvalue weighted by atomic mass is 35.5. The van der Waals surface area contributed by atoms with E-state index in [9.17, 15) is 5.11 Å². The minimum Gasteiger partial charge on any atom is -0.391 e. The van der Waals surface area contributed by atoms with Crippen molar-refractivity contribution in [2.75, 3.05) is 0 Å². The first kappa shape index (κ1) is 13.5. The SMILES string of the molecule is CCC(C)n1nc(C(C)(C)C)c(CO)c1Cl. The lowest BCUT2D eigenvalue weighted by Gasteiger charge is -2.16. The number of halogens is 1. The van der Waals surface area contributed by atoms with Crippen LogP contribution in [0.3, 0.4) is 0 Å². The molecule has 0 aliphatic heterocycles. The Labute approximate surface area is 102 Å². The Hall–Kier alpha value is -0.540. The number of hydrogen-bond donors (Lipinski definition) is 1. The van der Waals surface area contributed by atoms with E-state index in [0.29, 0.717) is 5.15 Å². The van der Waals surface area contributed by atoms with Crippen molar-refractivity contribution >= 4 is 11.6 Å². The summed E-state index contributed by atoms with van der Waals surface area (Å²) >= 11 is 6.25. The zero-order valence-electron chi connectivity index (χ0n) is 10.7. The molecule has 16 heavy (non-hydrogen) atoms. The fraction of sp³-hybridized carbons (Fsp3) is 0.750. The summed E-state index contributed by atoms with van der Waals surface area (Å²) in [4.78, 5) is 0. The van der Waals surface area contributed by atoms with E-state index in [2.05, 4.69) is 39.7 Å². The number of nitrogens with zero attached hydrogens (tertiary/aromatic N) is 2. The molecule has 1 unspecified atom stereocenters. The number of aliphatic hydroxyl groups excluding tert-OH is 1. The monoisotopic (exact) mass is 244 g/mol. The summed E-state index contributed by atoms with van der Waals surface area (Å²) in [7, 11) is 0. The summed E-state index contributed by atoms with van der Waals surface area (Å²) < 4.78 is 1.81. The molecular weight excluding hydrogens is 224 g/mol. The third-order valence-corrected chi connectivity index (χ3v) is 3.22. The van der Waals surface area contributed by atoms with Crippen LogP contribution < -0.4 is 0 Å². The Balaban J connectivity index is 3.31. The van der Waals surface area contributed by atoms with Gasteiger partial charge < -0.3 is 5.11 Å². The van der Waals surface area contributed by atoms with Gasteiger partial charge in [0.25, 0.3) is 0 Å². The van der Waals surface area contributed by atoms with E-state index in [1.165, 1.54) is 0 Å². The quantitative estimate of drug-likeness (QED) is 0.886. The van der Waals surface area contributed by atoms with E-state index in [1.807, 2.05) is 4.68 Å². The largest absolute Gasteiger partial charge is 0.391 e. The highest BCUT2D eigenvalue weighted by molar-refractivity contribution is 6.30. The predicted molar refractivity (Wildman–Crippen MR) is 66.9 cm³/mol. The summed E-state index contributed by atoms with van der Waals surface area (Å²) in [6.45, 7) is 10.3. The molecule has 1 aromatic rings. The molecule has 0 fully saturated rings. The lowest BCUT2D eigenvalue weighted by atomic mass is 9.90. The lowest BCUT2D eigenvalue weighted by Crippen LogP contribution is -2.15. The number of aromatic nitrogens is 2. The van der Waals surface area contributed by atoms with Gasteiger partial charge in [0.05, 0.1) is 18.3 Å². The first-order chi connectivity index (χ1) is 7.32. The minimum atomic E-state index is -0.0968. The molecule has 92 valence electrons. The molecular formula is C12H21ClN2O. The van der Waals surface area contributed by atoms with Crippen LogP contribution in [0.25, 0.3) is 0 Å². The molecule has 0 aliphatic carbocycles. The second-order valence-corrected chi connectivity index (χ2v) is 5.59. The number of aliphatic hydroxyl groups is 1. The van der Waals surface area contributed by atoms with Crippen molar-refractivity contribution < 1.29 is 5.11 Å². The zero-order chi connectivity index (χ0) is 12.5. The van der Waals surface area contributed by atoms with Gasteiger partial charge in [-0.2, -0.15) is 5.10 Å². The minimum absolute atomic E-state index is 0.0537. The van der Waals surface area contributed by atoms with Crippen LogP contribution in [0.5, 0.6) is 0 Å². The number of hydrogen-bond acceptors (Lipinski definition) is 2. The van der Waals surface area contributed by atoms with Gasteiger partial charge >= 0.3 is 0 Å². The molecule has 0 radical (unpaired) electrons. The Morgan fingerprint density at radius 2 is 2.00 bits per heavy atom. The van der Waals surface area contributed by atoms with E-state index in [4.69, 9.17) is 11.6 Å². The summed E-state index contributed by atoms with van der Waals surface area (Å²) in [6.07, 6.45) is 0.968. The Morgan fingerprint density at radius 3 is 2.31 bits per heavy atom. The van der Waals surface area contributed by atoms with Crippen LogP contribution in [-0.4, -0.2) is 14.9 Å². The van der Waals surface area contributed by atoms with Crippen LogP contribution in [0.4, 0.5) is 0 Å². The molecule has 1 N–H and O–H groups in total. The fourth-order valence-electron chi connectivity index (χ4n) is 1.66. The summed E-state index contributed by atoms with van der Waals surface area (Å²) in [5.41, 5.74) is 1.55. The van der Waals surface area contributed by atoms with Crippen molar-refractivity contribution in [2.24, 2.45) is 0 Å². The Morgan fingerprint density at radius 1 is 1.44 bits per heavy atom. The predicted octanol–water partition coefficient (Wildman–Crippen LogP) is 3.30. The molecule has 1 aromatic heterocycles. The third kappa shape index (κ3) is 2.41.